The van der Waals surface area contributed by atoms with Crippen LogP contribution in [0.15, 0.2) is 143 Å². The minimum atomic E-state index is -1.33. The zero-order chi connectivity index (χ0) is 35.2. The second-order valence-corrected chi connectivity index (χ2v) is 12.9. The number of carbonyl (C=O) groups excluding carboxylic acids is 1. The van der Waals surface area contributed by atoms with Crippen LogP contribution in [-0.4, -0.2) is 54.8 Å². The number of fused-ring (bicyclic) bond motifs is 1. The standard InChI is InChI=1S/C43H42N4O4.Ni/c1-51-38-25-13-12-23-36(38)47-28-26-31-17-8-9-20-33(31)41(47)40(43(49)50)45-39(32-18-6-3-7-19-32)34-21-10-11-22-35(34)44-42(48)37-24-14-27-46(37)29-30-15-4-2-5-16-30;/h2-13,15-23,25,37,40-41H,14,24,26-29H2,1H3,(H,44,48)(H,49,50);/q;+2/p-2/t37-,40-,41-;/m0./s1. The molecule has 3 atom stereocenters. The van der Waals surface area contributed by atoms with E-state index in [1.807, 2.05) is 115 Å². The van der Waals surface area contributed by atoms with Crippen LogP contribution in [0.1, 0.15) is 46.7 Å². The van der Waals surface area contributed by atoms with E-state index >= 15 is 0 Å². The van der Waals surface area contributed by atoms with Crippen molar-refractivity contribution in [1.29, 1.82) is 0 Å². The second kappa shape index (κ2) is 16.9. The molecule has 266 valence electrons. The fraction of sp³-hybridized carbons (Fsp3) is 0.233. The largest absolute Gasteiger partial charge is 2.00 e. The Kier molecular flexibility index (Phi) is 11.8. The summed E-state index contributed by atoms with van der Waals surface area (Å²) < 4.78 is 5.74. The van der Waals surface area contributed by atoms with Gasteiger partial charge in [0.25, 0.3) is 0 Å². The summed E-state index contributed by atoms with van der Waals surface area (Å²) in [5.74, 6) is -0.886. The van der Waals surface area contributed by atoms with Gasteiger partial charge in [0.2, 0.25) is 0 Å². The molecule has 0 aromatic heterocycles. The fourth-order valence-electron chi connectivity index (χ4n) is 7.44. The van der Waals surface area contributed by atoms with Crippen LogP contribution in [0.2, 0.25) is 0 Å². The molecule has 0 aliphatic carbocycles. The average Bonchev–Trinajstić information content (AvgIpc) is 3.64. The molecule has 0 amide bonds. The first kappa shape index (κ1) is 36.6. The SMILES string of the molecule is COc1ccccc1N1CCc2ccccc2[C@H]1[C@H](N=C(c1ccccc1)c1ccccc1N=C([O-])[C@@H]1CCCN1Cc1ccccc1)C(=O)[O-].[Ni+2]. The Morgan fingerprint density at radius 3 is 2.27 bits per heavy atom. The molecule has 2 heterocycles. The van der Waals surface area contributed by atoms with E-state index in [2.05, 4.69) is 21.9 Å². The Morgan fingerprint density at radius 2 is 1.50 bits per heavy atom. The number of para-hydroxylation sites is 3. The van der Waals surface area contributed by atoms with E-state index in [9.17, 15) is 15.0 Å². The average molecular weight is 736 g/mol. The van der Waals surface area contributed by atoms with Crippen LogP contribution in [0.3, 0.4) is 0 Å². The topological polar surface area (TPSA) is 104 Å². The van der Waals surface area contributed by atoms with Crippen molar-refractivity contribution in [1.82, 2.24) is 4.90 Å². The van der Waals surface area contributed by atoms with Gasteiger partial charge in [-0.25, -0.2) is 0 Å². The fourth-order valence-corrected chi connectivity index (χ4v) is 7.44. The van der Waals surface area contributed by atoms with E-state index in [0.29, 0.717) is 41.4 Å². The number of benzene rings is 5. The van der Waals surface area contributed by atoms with Crippen molar-refractivity contribution >= 4 is 29.0 Å². The smallest absolute Gasteiger partial charge is 0.861 e. The zero-order valence-electron chi connectivity index (χ0n) is 28.9. The normalized spacial score (nSPS) is 18.3. The number of hydrogen-bond acceptors (Lipinski definition) is 8. The molecular weight excluding hydrogens is 695 g/mol. The summed E-state index contributed by atoms with van der Waals surface area (Å²) in [6.07, 6.45) is 2.37. The van der Waals surface area contributed by atoms with E-state index in [-0.39, 0.29) is 28.4 Å². The Balaban J connectivity index is 0.00000464. The van der Waals surface area contributed by atoms with Gasteiger partial charge in [0.15, 0.2) is 0 Å². The first-order valence-electron chi connectivity index (χ1n) is 17.5. The summed E-state index contributed by atoms with van der Waals surface area (Å²) in [5.41, 5.74) is 6.01. The Hall–Kier alpha value is -5.24. The molecule has 0 bridgehead atoms. The van der Waals surface area contributed by atoms with E-state index in [0.717, 1.165) is 48.2 Å². The van der Waals surface area contributed by atoms with Crippen LogP contribution in [0, 0.1) is 0 Å². The maximum Gasteiger partial charge on any atom is 2.00 e. The predicted octanol–water partition coefficient (Wildman–Crippen LogP) is 5.51. The summed E-state index contributed by atoms with van der Waals surface area (Å²) in [7, 11) is 1.61. The Bertz CT molecular complexity index is 2040. The molecule has 9 heteroatoms. The van der Waals surface area contributed by atoms with E-state index in [1.54, 1.807) is 13.2 Å². The molecule has 2 aliphatic heterocycles. The van der Waals surface area contributed by atoms with Gasteiger partial charge in [-0.15, -0.1) is 0 Å². The van der Waals surface area contributed by atoms with Crippen molar-refractivity contribution in [2.45, 2.75) is 43.9 Å². The van der Waals surface area contributed by atoms with Crippen LogP contribution in [0.25, 0.3) is 0 Å². The molecule has 0 radical (unpaired) electrons. The van der Waals surface area contributed by atoms with Crippen molar-refractivity contribution in [3.63, 3.8) is 0 Å². The maximum absolute atomic E-state index is 13.9. The first-order chi connectivity index (χ1) is 25.0. The maximum atomic E-state index is 13.9. The number of carboxylic acid groups (broad SMARTS) is 1. The molecule has 52 heavy (non-hydrogen) atoms. The number of aliphatic carboxylic acids is 1. The van der Waals surface area contributed by atoms with Gasteiger partial charge >= 0.3 is 16.5 Å². The van der Waals surface area contributed by atoms with Crippen molar-refractivity contribution in [3.8, 4) is 5.75 Å². The van der Waals surface area contributed by atoms with Gasteiger partial charge in [0, 0.05) is 30.3 Å². The summed E-state index contributed by atoms with van der Waals surface area (Å²) in [5, 5.41) is 27.3. The molecule has 2 aliphatic rings. The molecule has 7 rings (SSSR count). The second-order valence-electron chi connectivity index (χ2n) is 12.9. The van der Waals surface area contributed by atoms with Gasteiger partial charge in [-0.05, 0) is 66.6 Å². The number of carboxylic acids is 1. The van der Waals surface area contributed by atoms with Crippen molar-refractivity contribution in [3.05, 3.63) is 161 Å². The number of carbonyl (C=O) groups is 1. The monoisotopic (exact) mass is 734 g/mol. The van der Waals surface area contributed by atoms with Gasteiger partial charge in [-0.3, -0.25) is 14.9 Å². The number of rotatable bonds is 11. The molecule has 1 fully saturated rings. The van der Waals surface area contributed by atoms with Crippen molar-refractivity contribution < 1.29 is 36.2 Å². The van der Waals surface area contributed by atoms with Gasteiger partial charge in [0.1, 0.15) is 11.8 Å². The van der Waals surface area contributed by atoms with Crippen molar-refractivity contribution in [2.24, 2.45) is 9.98 Å². The number of aliphatic imine (C=N–C) groups is 2. The van der Waals surface area contributed by atoms with Gasteiger partial charge in [-0.2, -0.15) is 0 Å². The minimum absolute atomic E-state index is 0. The van der Waals surface area contributed by atoms with E-state index in [4.69, 9.17) is 14.7 Å². The molecule has 0 unspecified atom stereocenters. The van der Waals surface area contributed by atoms with Crippen LogP contribution >= 0.6 is 0 Å². The molecular formula is C43H40N4NiO4. The summed E-state index contributed by atoms with van der Waals surface area (Å²) in [4.78, 5) is 27.5. The van der Waals surface area contributed by atoms with Crippen LogP contribution < -0.4 is 19.8 Å². The van der Waals surface area contributed by atoms with Gasteiger partial charge in [0.05, 0.1) is 36.2 Å². The van der Waals surface area contributed by atoms with E-state index in [1.165, 1.54) is 0 Å². The molecule has 1 saturated heterocycles. The molecule has 0 saturated carbocycles. The third kappa shape index (κ3) is 7.81. The van der Waals surface area contributed by atoms with Crippen molar-refractivity contribution in [2.75, 3.05) is 25.1 Å². The van der Waals surface area contributed by atoms with E-state index < -0.39 is 18.1 Å². The predicted molar refractivity (Wildman–Crippen MR) is 198 cm³/mol. The Morgan fingerprint density at radius 1 is 0.827 bits per heavy atom. The summed E-state index contributed by atoms with van der Waals surface area (Å²) in [6.45, 7) is 2.05. The number of hydrogen-bond donors (Lipinski definition) is 0. The van der Waals surface area contributed by atoms with Gasteiger partial charge < -0.3 is 24.6 Å². The minimum Gasteiger partial charge on any atom is -0.861 e. The molecule has 5 aromatic carbocycles. The van der Waals surface area contributed by atoms with Crippen LogP contribution in [0.5, 0.6) is 5.75 Å². The third-order valence-corrected chi connectivity index (χ3v) is 9.85. The molecule has 0 N–H and O–H groups in total. The first-order valence-corrected chi connectivity index (χ1v) is 17.5. The third-order valence-electron chi connectivity index (χ3n) is 9.85. The summed E-state index contributed by atoms with van der Waals surface area (Å²) >= 11 is 0. The number of likely N-dealkylation sites (tertiary alicyclic amines) is 1. The summed E-state index contributed by atoms with van der Waals surface area (Å²) in [6, 6.07) is 40.1. The number of ether oxygens (including phenoxy) is 1. The zero-order valence-corrected chi connectivity index (χ0v) is 29.9. The number of methoxy groups -OCH3 is 1. The Labute approximate surface area is 315 Å². The molecule has 5 aromatic rings. The molecule has 0 spiro atoms. The van der Waals surface area contributed by atoms with Crippen LogP contribution in [-0.2, 0) is 34.3 Å². The molecule has 8 nitrogen and oxygen atoms in total. The quantitative estimate of drug-likeness (QED) is 0.101. The van der Waals surface area contributed by atoms with Crippen LogP contribution in [0.4, 0.5) is 11.4 Å². The number of anilines is 1. The number of nitrogens with zero attached hydrogens (tertiary/aromatic N) is 4. The van der Waals surface area contributed by atoms with Gasteiger partial charge in [-0.1, -0.05) is 115 Å².